The van der Waals surface area contributed by atoms with Crippen molar-refractivity contribution in [3.8, 4) is 17.2 Å². The topological polar surface area (TPSA) is 81.8 Å². The van der Waals surface area contributed by atoms with Crippen molar-refractivity contribution in [1.29, 1.82) is 0 Å². The van der Waals surface area contributed by atoms with Crippen molar-refractivity contribution in [2.45, 2.75) is 33.0 Å². The Labute approximate surface area is 163 Å². The highest BCUT2D eigenvalue weighted by atomic mass is 16.5. The Kier molecular flexibility index (Phi) is 6.45. The molecular formula is C22H23NO5. The first-order valence-electron chi connectivity index (χ1n) is 9.14. The highest BCUT2D eigenvalue weighted by molar-refractivity contribution is 5.72. The number of hydrogen-bond acceptors (Lipinski definition) is 5. The van der Waals surface area contributed by atoms with Gasteiger partial charge in [0.05, 0.1) is 0 Å². The summed E-state index contributed by atoms with van der Waals surface area (Å²) < 4.78 is 16.8. The van der Waals surface area contributed by atoms with Gasteiger partial charge in [0.25, 0.3) is 0 Å². The monoisotopic (exact) mass is 381 g/mol. The Morgan fingerprint density at radius 2 is 1.86 bits per heavy atom. The number of aromatic nitrogens is 1. The maximum Gasteiger partial charge on any atom is 0.333 e. The SMILES string of the molecule is CCOC(Cc1ccc(OCc2nc(-c3ccccc3)oc2C)cc1)C(=O)O. The van der Waals surface area contributed by atoms with Crippen LogP contribution in [0.4, 0.5) is 0 Å². The van der Waals surface area contributed by atoms with Crippen molar-refractivity contribution < 1.29 is 23.8 Å². The first-order valence-corrected chi connectivity index (χ1v) is 9.14. The van der Waals surface area contributed by atoms with E-state index in [4.69, 9.17) is 13.9 Å². The molecule has 1 atom stereocenters. The molecule has 0 saturated carbocycles. The molecule has 3 rings (SSSR count). The van der Waals surface area contributed by atoms with Gasteiger partial charge in [-0.1, -0.05) is 30.3 Å². The molecule has 0 aliphatic heterocycles. The highest BCUT2D eigenvalue weighted by Crippen LogP contribution is 2.23. The average molecular weight is 381 g/mol. The van der Waals surface area contributed by atoms with Gasteiger partial charge in [-0.05, 0) is 43.7 Å². The van der Waals surface area contributed by atoms with Crippen molar-refractivity contribution in [1.82, 2.24) is 4.98 Å². The lowest BCUT2D eigenvalue weighted by molar-refractivity contribution is -0.149. The van der Waals surface area contributed by atoms with Gasteiger partial charge in [-0.25, -0.2) is 9.78 Å². The van der Waals surface area contributed by atoms with Crippen LogP contribution in [0.15, 0.2) is 59.0 Å². The number of nitrogens with zero attached hydrogens (tertiary/aromatic N) is 1. The van der Waals surface area contributed by atoms with E-state index in [0.717, 1.165) is 22.6 Å². The van der Waals surface area contributed by atoms with E-state index in [1.165, 1.54) is 0 Å². The molecule has 0 aliphatic rings. The predicted octanol–water partition coefficient (Wildman–Crippen LogP) is 4.26. The average Bonchev–Trinajstić information content (AvgIpc) is 3.08. The Morgan fingerprint density at radius 1 is 1.14 bits per heavy atom. The fourth-order valence-electron chi connectivity index (χ4n) is 2.77. The van der Waals surface area contributed by atoms with Crippen LogP contribution < -0.4 is 4.74 Å². The zero-order chi connectivity index (χ0) is 19.9. The summed E-state index contributed by atoms with van der Waals surface area (Å²) in [4.78, 5) is 15.7. The first kappa shape index (κ1) is 19.6. The smallest absolute Gasteiger partial charge is 0.333 e. The van der Waals surface area contributed by atoms with Crippen LogP contribution in [0.2, 0.25) is 0 Å². The Bertz CT molecular complexity index is 902. The maximum absolute atomic E-state index is 11.2. The molecule has 0 amide bonds. The minimum absolute atomic E-state index is 0.290. The normalized spacial score (nSPS) is 11.9. The summed E-state index contributed by atoms with van der Waals surface area (Å²) in [6, 6.07) is 17.0. The van der Waals surface area contributed by atoms with Gasteiger partial charge in [-0.15, -0.1) is 0 Å². The second kappa shape index (κ2) is 9.19. The minimum Gasteiger partial charge on any atom is -0.487 e. The predicted molar refractivity (Wildman–Crippen MR) is 104 cm³/mol. The molecule has 0 saturated heterocycles. The molecule has 1 heterocycles. The summed E-state index contributed by atoms with van der Waals surface area (Å²) in [6.07, 6.45) is -0.530. The van der Waals surface area contributed by atoms with Gasteiger partial charge in [-0.2, -0.15) is 0 Å². The summed E-state index contributed by atoms with van der Waals surface area (Å²) in [6.45, 7) is 4.29. The number of carboxylic acid groups (broad SMARTS) is 1. The van der Waals surface area contributed by atoms with Gasteiger partial charge in [0.15, 0.2) is 6.10 Å². The fourth-order valence-corrected chi connectivity index (χ4v) is 2.77. The molecule has 6 heteroatoms. The summed E-state index contributed by atoms with van der Waals surface area (Å²) in [5.74, 6) is 1.01. The van der Waals surface area contributed by atoms with E-state index in [-0.39, 0.29) is 6.61 Å². The molecule has 6 nitrogen and oxygen atoms in total. The summed E-state index contributed by atoms with van der Waals surface area (Å²) >= 11 is 0. The third kappa shape index (κ3) is 4.98. The zero-order valence-electron chi connectivity index (χ0n) is 15.9. The number of benzene rings is 2. The lowest BCUT2D eigenvalue weighted by atomic mass is 10.1. The lowest BCUT2D eigenvalue weighted by Crippen LogP contribution is -2.26. The van der Waals surface area contributed by atoms with Gasteiger partial charge >= 0.3 is 5.97 Å². The molecule has 0 fully saturated rings. The number of hydrogen-bond donors (Lipinski definition) is 1. The van der Waals surface area contributed by atoms with Crippen LogP contribution in [0.1, 0.15) is 23.9 Å². The molecule has 1 N–H and O–H groups in total. The largest absolute Gasteiger partial charge is 0.487 e. The molecule has 0 radical (unpaired) electrons. The van der Waals surface area contributed by atoms with Crippen molar-refractivity contribution in [3.63, 3.8) is 0 Å². The van der Waals surface area contributed by atoms with Crippen LogP contribution in [0.3, 0.4) is 0 Å². The van der Waals surface area contributed by atoms with E-state index in [1.807, 2.05) is 61.5 Å². The van der Waals surface area contributed by atoms with Gasteiger partial charge in [-0.3, -0.25) is 0 Å². The molecule has 1 unspecified atom stereocenters. The number of ether oxygens (including phenoxy) is 2. The third-order valence-electron chi connectivity index (χ3n) is 4.28. The second-order valence-corrected chi connectivity index (χ2v) is 6.31. The summed E-state index contributed by atoms with van der Waals surface area (Å²) in [5.41, 5.74) is 2.53. The van der Waals surface area contributed by atoms with Crippen LogP contribution in [0, 0.1) is 6.92 Å². The van der Waals surface area contributed by atoms with Crippen molar-refractivity contribution in [2.24, 2.45) is 0 Å². The quantitative estimate of drug-likeness (QED) is 0.596. The number of aliphatic carboxylic acids is 1. The van der Waals surface area contributed by atoms with Crippen LogP contribution >= 0.6 is 0 Å². The van der Waals surface area contributed by atoms with Crippen LogP contribution in [0.5, 0.6) is 5.75 Å². The summed E-state index contributed by atoms with van der Waals surface area (Å²) in [5, 5.41) is 9.18. The van der Waals surface area contributed by atoms with Crippen LogP contribution in [-0.2, 0) is 22.6 Å². The van der Waals surface area contributed by atoms with E-state index in [9.17, 15) is 9.90 Å². The molecular weight excluding hydrogens is 358 g/mol. The van der Waals surface area contributed by atoms with Crippen molar-refractivity contribution >= 4 is 5.97 Å². The van der Waals surface area contributed by atoms with E-state index in [0.29, 0.717) is 24.7 Å². The number of carbonyl (C=O) groups is 1. The second-order valence-electron chi connectivity index (χ2n) is 6.31. The molecule has 2 aromatic carbocycles. The Morgan fingerprint density at radius 3 is 2.50 bits per heavy atom. The Hall–Kier alpha value is -3.12. The molecule has 0 bridgehead atoms. The van der Waals surface area contributed by atoms with E-state index in [2.05, 4.69) is 4.98 Å². The molecule has 146 valence electrons. The Balaban J connectivity index is 1.61. The van der Waals surface area contributed by atoms with Gasteiger partial charge in [0.2, 0.25) is 5.89 Å². The van der Waals surface area contributed by atoms with Crippen LogP contribution in [0.25, 0.3) is 11.5 Å². The molecule has 28 heavy (non-hydrogen) atoms. The standard InChI is InChI=1S/C22H23NO5/c1-3-26-20(22(24)25)13-16-9-11-18(12-10-16)27-14-19-15(2)28-21(23-19)17-7-5-4-6-8-17/h4-12,20H,3,13-14H2,1-2H3,(H,24,25). The fraction of sp³-hybridized carbons (Fsp3) is 0.273. The van der Waals surface area contributed by atoms with Gasteiger partial charge in [0.1, 0.15) is 23.8 Å². The number of aryl methyl sites for hydroxylation is 1. The number of oxazole rings is 1. The molecule has 3 aromatic rings. The highest BCUT2D eigenvalue weighted by Gasteiger charge is 2.18. The van der Waals surface area contributed by atoms with E-state index >= 15 is 0 Å². The first-order chi connectivity index (χ1) is 13.6. The molecule has 1 aromatic heterocycles. The minimum atomic E-state index is -0.960. The number of carboxylic acids is 1. The van der Waals surface area contributed by atoms with Crippen molar-refractivity contribution in [2.75, 3.05) is 6.61 Å². The third-order valence-corrected chi connectivity index (χ3v) is 4.28. The maximum atomic E-state index is 11.2. The lowest BCUT2D eigenvalue weighted by Gasteiger charge is -2.12. The summed E-state index contributed by atoms with van der Waals surface area (Å²) in [7, 11) is 0. The van der Waals surface area contributed by atoms with E-state index in [1.54, 1.807) is 6.92 Å². The van der Waals surface area contributed by atoms with Crippen molar-refractivity contribution in [3.05, 3.63) is 71.6 Å². The number of rotatable bonds is 9. The molecule has 0 spiro atoms. The zero-order valence-corrected chi connectivity index (χ0v) is 15.9. The van der Waals surface area contributed by atoms with Crippen LogP contribution in [-0.4, -0.2) is 28.8 Å². The molecule has 0 aliphatic carbocycles. The van der Waals surface area contributed by atoms with Gasteiger partial charge < -0.3 is 19.0 Å². The van der Waals surface area contributed by atoms with Gasteiger partial charge in [0, 0.05) is 18.6 Å². The van der Waals surface area contributed by atoms with E-state index < -0.39 is 12.1 Å².